The van der Waals surface area contributed by atoms with Crippen molar-refractivity contribution >= 4 is 69.5 Å². The van der Waals surface area contributed by atoms with Crippen LogP contribution in [0.5, 0.6) is 0 Å². The molecule has 0 spiro atoms. The lowest BCUT2D eigenvalue weighted by molar-refractivity contribution is -0.113. The van der Waals surface area contributed by atoms with Gasteiger partial charge in [-0.2, -0.15) is 0 Å². The van der Waals surface area contributed by atoms with Crippen molar-refractivity contribution in [3.8, 4) is 10.7 Å². The Balaban J connectivity index is 1.64. The number of hydrogen-bond acceptors (Lipinski definition) is 6. The van der Waals surface area contributed by atoms with Crippen LogP contribution in [0, 0.1) is 0 Å². The first kappa shape index (κ1) is 18.3. The third-order valence-electron chi connectivity index (χ3n) is 3.02. The summed E-state index contributed by atoms with van der Waals surface area (Å²) in [5, 5.41) is 14.0. The fourth-order valence-corrected chi connectivity index (χ4v) is 3.84. The van der Waals surface area contributed by atoms with Crippen LogP contribution < -0.4 is 11.2 Å². The molecule has 1 amide bonds. The predicted octanol–water partition coefficient (Wildman–Crippen LogP) is 4.41. The van der Waals surface area contributed by atoms with Gasteiger partial charge in [0.25, 0.3) is 0 Å². The summed E-state index contributed by atoms with van der Waals surface area (Å²) in [6, 6.07) is 6.76. The number of benzene rings is 1. The Morgan fingerprint density at radius 2 is 2.00 bits per heavy atom. The van der Waals surface area contributed by atoms with E-state index in [9.17, 15) is 4.79 Å². The summed E-state index contributed by atoms with van der Waals surface area (Å²) in [4.78, 5) is 13.0. The average Bonchev–Trinajstić information content (AvgIpc) is 3.20. The molecule has 0 aliphatic carbocycles. The van der Waals surface area contributed by atoms with Gasteiger partial charge in [0.1, 0.15) is 0 Å². The van der Waals surface area contributed by atoms with E-state index in [1.54, 1.807) is 0 Å². The van der Waals surface area contributed by atoms with Crippen LogP contribution in [0.15, 0.2) is 34.8 Å². The number of nitrogens with one attached hydrogen (secondary N) is 1. The topological polar surface area (TPSA) is 85.8 Å². The van der Waals surface area contributed by atoms with Crippen LogP contribution in [0.25, 0.3) is 10.7 Å². The van der Waals surface area contributed by atoms with E-state index in [2.05, 4.69) is 15.5 Å². The number of thiophene rings is 1. The Kier molecular flexibility index (Phi) is 5.75. The first-order chi connectivity index (χ1) is 12.0. The molecule has 0 aliphatic heterocycles. The summed E-state index contributed by atoms with van der Waals surface area (Å²) in [6.45, 7) is 0. The SMILES string of the molecule is Nn1c(SCC(=O)Nc2cc(Cl)c(Cl)cc2Cl)nnc1-c1cccs1. The lowest BCUT2D eigenvalue weighted by Crippen LogP contribution is -2.16. The molecule has 0 bridgehead atoms. The number of halogens is 3. The van der Waals surface area contributed by atoms with Gasteiger partial charge in [0, 0.05) is 0 Å². The van der Waals surface area contributed by atoms with Gasteiger partial charge >= 0.3 is 0 Å². The van der Waals surface area contributed by atoms with Crippen molar-refractivity contribution in [2.45, 2.75) is 5.16 Å². The summed E-state index contributed by atoms with van der Waals surface area (Å²) in [6.07, 6.45) is 0. The number of nitrogens with two attached hydrogens (primary N) is 1. The molecule has 0 atom stereocenters. The van der Waals surface area contributed by atoms with E-state index in [0.29, 0.717) is 31.7 Å². The lowest BCUT2D eigenvalue weighted by atomic mass is 10.3. The first-order valence-corrected chi connectivity index (χ1v) is 9.77. The van der Waals surface area contributed by atoms with Gasteiger partial charge in [-0.3, -0.25) is 4.79 Å². The summed E-state index contributed by atoms with van der Waals surface area (Å²) in [7, 11) is 0. The molecule has 0 fully saturated rings. The minimum atomic E-state index is -0.286. The highest BCUT2D eigenvalue weighted by Crippen LogP contribution is 2.32. The standard InChI is InChI=1S/C14H10Cl3N5OS2/c15-7-4-9(17)10(5-8(7)16)19-12(23)6-25-14-21-20-13(22(14)18)11-2-1-3-24-11/h1-5H,6,18H2,(H,19,23). The van der Waals surface area contributed by atoms with Gasteiger partial charge in [0.05, 0.1) is 31.4 Å². The predicted molar refractivity (Wildman–Crippen MR) is 104 cm³/mol. The Morgan fingerprint density at radius 3 is 2.72 bits per heavy atom. The quantitative estimate of drug-likeness (QED) is 0.353. The second-order valence-corrected chi connectivity index (χ2v) is 7.85. The van der Waals surface area contributed by atoms with Crippen molar-refractivity contribution in [1.29, 1.82) is 0 Å². The van der Waals surface area contributed by atoms with Crippen LogP contribution in [-0.2, 0) is 4.79 Å². The van der Waals surface area contributed by atoms with Crippen LogP contribution in [0.3, 0.4) is 0 Å². The summed E-state index contributed by atoms with van der Waals surface area (Å²) in [5.41, 5.74) is 0.384. The van der Waals surface area contributed by atoms with Crippen molar-refractivity contribution in [3.05, 3.63) is 44.7 Å². The van der Waals surface area contributed by atoms with E-state index in [1.807, 2.05) is 17.5 Å². The third-order valence-corrected chi connectivity index (χ3v) is 5.87. The zero-order valence-electron chi connectivity index (χ0n) is 12.4. The zero-order valence-corrected chi connectivity index (χ0v) is 16.3. The molecule has 0 saturated heterocycles. The number of anilines is 1. The monoisotopic (exact) mass is 433 g/mol. The molecule has 25 heavy (non-hydrogen) atoms. The van der Waals surface area contributed by atoms with Gasteiger partial charge < -0.3 is 11.2 Å². The van der Waals surface area contributed by atoms with Crippen LogP contribution in [-0.4, -0.2) is 26.5 Å². The molecule has 0 aliphatic rings. The molecule has 2 aromatic heterocycles. The number of nitrogens with zero attached hydrogens (tertiary/aromatic N) is 3. The van der Waals surface area contributed by atoms with Gasteiger partial charge in [0.2, 0.25) is 11.1 Å². The number of rotatable bonds is 5. The Labute approximate surface area is 166 Å². The Hall–Kier alpha value is -1.45. The molecule has 0 radical (unpaired) electrons. The van der Waals surface area contributed by atoms with Crippen molar-refractivity contribution in [3.63, 3.8) is 0 Å². The molecular formula is C14H10Cl3N5OS2. The normalized spacial score (nSPS) is 10.8. The number of nitrogen functional groups attached to an aromatic ring is 1. The molecule has 3 N–H and O–H groups in total. The molecule has 6 nitrogen and oxygen atoms in total. The van der Waals surface area contributed by atoms with Crippen LogP contribution in [0.4, 0.5) is 5.69 Å². The largest absolute Gasteiger partial charge is 0.335 e. The molecule has 11 heteroatoms. The number of carbonyl (C=O) groups excluding carboxylic acids is 1. The maximum Gasteiger partial charge on any atom is 0.234 e. The number of carbonyl (C=O) groups is 1. The van der Waals surface area contributed by atoms with E-state index < -0.39 is 0 Å². The fraction of sp³-hybridized carbons (Fsp3) is 0.0714. The number of thioether (sulfide) groups is 1. The fourth-order valence-electron chi connectivity index (χ4n) is 1.88. The zero-order chi connectivity index (χ0) is 18.0. The second kappa shape index (κ2) is 7.84. The smallest absolute Gasteiger partial charge is 0.234 e. The molecule has 0 saturated carbocycles. The van der Waals surface area contributed by atoms with Gasteiger partial charge in [-0.05, 0) is 23.6 Å². The third kappa shape index (κ3) is 4.21. The molecular weight excluding hydrogens is 425 g/mol. The minimum absolute atomic E-state index is 0.0797. The van der Waals surface area contributed by atoms with Gasteiger partial charge in [0.15, 0.2) is 5.82 Å². The molecule has 2 heterocycles. The summed E-state index contributed by atoms with van der Waals surface area (Å²) < 4.78 is 1.36. The molecule has 3 rings (SSSR count). The number of aromatic nitrogens is 3. The maximum atomic E-state index is 12.1. The highest BCUT2D eigenvalue weighted by atomic mass is 35.5. The molecule has 130 valence electrons. The minimum Gasteiger partial charge on any atom is -0.335 e. The van der Waals surface area contributed by atoms with Gasteiger partial charge in [-0.25, -0.2) is 4.68 Å². The van der Waals surface area contributed by atoms with E-state index in [4.69, 9.17) is 40.6 Å². The van der Waals surface area contributed by atoms with Gasteiger partial charge in [-0.15, -0.1) is 21.5 Å². The van der Waals surface area contributed by atoms with E-state index in [0.717, 1.165) is 16.6 Å². The van der Waals surface area contributed by atoms with Crippen molar-refractivity contribution in [2.24, 2.45) is 0 Å². The second-order valence-electron chi connectivity index (χ2n) is 4.74. The number of amides is 1. The Bertz CT molecular complexity index is 914. The van der Waals surface area contributed by atoms with Crippen LogP contribution >= 0.6 is 57.9 Å². The molecule has 0 unspecified atom stereocenters. The average molecular weight is 435 g/mol. The Morgan fingerprint density at radius 1 is 1.24 bits per heavy atom. The first-order valence-electron chi connectivity index (χ1n) is 6.77. The highest BCUT2D eigenvalue weighted by Gasteiger charge is 2.15. The van der Waals surface area contributed by atoms with E-state index in [-0.39, 0.29) is 11.7 Å². The highest BCUT2D eigenvalue weighted by molar-refractivity contribution is 7.99. The lowest BCUT2D eigenvalue weighted by Gasteiger charge is -2.08. The molecule has 3 aromatic rings. The van der Waals surface area contributed by atoms with E-state index in [1.165, 1.54) is 28.1 Å². The van der Waals surface area contributed by atoms with Crippen LogP contribution in [0.2, 0.25) is 15.1 Å². The van der Waals surface area contributed by atoms with Crippen molar-refractivity contribution in [2.75, 3.05) is 16.9 Å². The van der Waals surface area contributed by atoms with Crippen molar-refractivity contribution in [1.82, 2.24) is 14.9 Å². The summed E-state index contributed by atoms with van der Waals surface area (Å²) >= 11 is 20.5. The van der Waals surface area contributed by atoms with E-state index >= 15 is 0 Å². The van der Waals surface area contributed by atoms with Crippen molar-refractivity contribution < 1.29 is 4.79 Å². The number of hydrogen-bond donors (Lipinski definition) is 2. The summed E-state index contributed by atoms with van der Waals surface area (Å²) in [5.74, 6) is 6.33. The van der Waals surface area contributed by atoms with Gasteiger partial charge in [-0.1, -0.05) is 52.6 Å². The molecule has 1 aromatic carbocycles. The maximum absolute atomic E-state index is 12.1. The van der Waals surface area contributed by atoms with Crippen LogP contribution in [0.1, 0.15) is 0 Å².